The van der Waals surface area contributed by atoms with Gasteiger partial charge in [-0.1, -0.05) is 23.9 Å². The minimum Gasteiger partial charge on any atom is -0.497 e. The van der Waals surface area contributed by atoms with Gasteiger partial charge in [-0.05, 0) is 31.2 Å². The summed E-state index contributed by atoms with van der Waals surface area (Å²) in [4.78, 5) is 16.3. The van der Waals surface area contributed by atoms with Gasteiger partial charge in [0.15, 0.2) is 0 Å². The molecule has 1 aliphatic rings. The Bertz CT molecular complexity index is 702. The normalized spacial score (nSPS) is 14.1. The van der Waals surface area contributed by atoms with E-state index in [-0.39, 0.29) is 5.91 Å². The lowest BCUT2D eigenvalue weighted by Gasteiger charge is -2.32. The van der Waals surface area contributed by atoms with Crippen LogP contribution in [-0.4, -0.2) is 18.4 Å². The molecule has 21 heavy (non-hydrogen) atoms. The fraction of sp³-hybridized carbons (Fsp3) is 0.188. The number of carbonyl (C=O) groups excluding carboxylic acids is 1. The Balaban J connectivity index is 2.19. The number of anilines is 2. The molecule has 3 nitrogen and oxygen atoms in total. The van der Waals surface area contributed by atoms with Gasteiger partial charge in [-0.15, -0.1) is 11.6 Å². The maximum absolute atomic E-state index is 12.6. The van der Waals surface area contributed by atoms with Crippen LogP contribution in [0.4, 0.5) is 11.4 Å². The van der Waals surface area contributed by atoms with Crippen LogP contribution in [0.3, 0.4) is 0 Å². The van der Waals surface area contributed by atoms with Crippen LogP contribution in [0.15, 0.2) is 52.3 Å². The molecule has 1 unspecified atom stereocenters. The van der Waals surface area contributed by atoms with Crippen molar-refractivity contribution in [2.45, 2.75) is 22.1 Å². The number of halogens is 1. The highest BCUT2D eigenvalue weighted by Gasteiger charge is 2.30. The number of hydrogen-bond donors (Lipinski definition) is 0. The molecule has 2 aromatic rings. The maximum atomic E-state index is 12.6. The van der Waals surface area contributed by atoms with E-state index in [1.54, 1.807) is 30.7 Å². The van der Waals surface area contributed by atoms with Crippen molar-refractivity contribution in [1.82, 2.24) is 0 Å². The van der Waals surface area contributed by atoms with Gasteiger partial charge in [0.05, 0.1) is 18.5 Å². The standard InChI is InChI=1S/C16H14ClNO2S/c1-10(17)16(19)18-12-5-3-4-6-14(12)21-15-8-7-11(20-2)9-13(15)18/h3-10H,1-2H3. The molecule has 0 radical (unpaired) electrons. The lowest BCUT2D eigenvalue weighted by atomic mass is 10.2. The van der Waals surface area contributed by atoms with E-state index in [4.69, 9.17) is 16.3 Å². The summed E-state index contributed by atoms with van der Waals surface area (Å²) in [6.07, 6.45) is 0. The van der Waals surface area contributed by atoms with Gasteiger partial charge >= 0.3 is 0 Å². The van der Waals surface area contributed by atoms with Crippen LogP contribution in [0.2, 0.25) is 0 Å². The minimum atomic E-state index is -0.597. The molecule has 0 aromatic heterocycles. The quantitative estimate of drug-likeness (QED) is 0.766. The summed E-state index contributed by atoms with van der Waals surface area (Å²) in [5.41, 5.74) is 1.68. The van der Waals surface area contributed by atoms with Crippen molar-refractivity contribution in [2.24, 2.45) is 0 Å². The molecule has 108 valence electrons. The Labute approximate surface area is 132 Å². The maximum Gasteiger partial charge on any atom is 0.249 e. The van der Waals surface area contributed by atoms with Gasteiger partial charge in [-0.3, -0.25) is 9.69 Å². The molecule has 5 heteroatoms. The number of nitrogens with zero attached hydrogens (tertiary/aromatic N) is 1. The number of methoxy groups -OCH3 is 1. The van der Waals surface area contributed by atoms with E-state index in [2.05, 4.69) is 0 Å². The summed E-state index contributed by atoms with van der Waals surface area (Å²) in [5, 5.41) is -0.597. The Hall–Kier alpha value is -1.65. The molecule has 0 saturated heterocycles. The largest absolute Gasteiger partial charge is 0.497 e. The van der Waals surface area contributed by atoms with Crippen LogP contribution in [0.1, 0.15) is 6.92 Å². The number of hydrogen-bond acceptors (Lipinski definition) is 3. The zero-order chi connectivity index (χ0) is 15.0. The third-order valence-corrected chi connectivity index (χ3v) is 4.61. The lowest BCUT2D eigenvalue weighted by molar-refractivity contribution is -0.117. The van der Waals surface area contributed by atoms with Crippen molar-refractivity contribution in [3.8, 4) is 5.75 Å². The fourth-order valence-corrected chi connectivity index (χ4v) is 3.41. The van der Waals surface area contributed by atoms with Crippen LogP contribution in [0.25, 0.3) is 0 Å². The van der Waals surface area contributed by atoms with E-state index in [0.29, 0.717) is 5.75 Å². The Morgan fingerprint density at radius 1 is 1.19 bits per heavy atom. The highest BCUT2D eigenvalue weighted by Crippen LogP contribution is 2.49. The minimum absolute atomic E-state index is 0.140. The number of amides is 1. The number of benzene rings is 2. The average molecular weight is 320 g/mol. The molecule has 1 heterocycles. The number of para-hydroxylation sites is 1. The van der Waals surface area contributed by atoms with Crippen LogP contribution in [0, 0.1) is 0 Å². The third-order valence-electron chi connectivity index (χ3n) is 3.29. The van der Waals surface area contributed by atoms with E-state index >= 15 is 0 Å². The molecule has 1 atom stereocenters. The zero-order valence-corrected chi connectivity index (χ0v) is 13.2. The van der Waals surface area contributed by atoms with Crippen molar-refractivity contribution in [3.63, 3.8) is 0 Å². The average Bonchev–Trinajstić information content (AvgIpc) is 2.51. The number of ether oxygens (including phenoxy) is 1. The summed E-state index contributed by atoms with van der Waals surface area (Å²) < 4.78 is 5.28. The highest BCUT2D eigenvalue weighted by molar-refractivity contribution is 7.99. The molecular formula is C16H14ClNO2S. The van der Waals surface area contributed by atoms with Crippen molar-refractivity contribution in [3.05, 3.63) is 42.5 Å². The fourth-order valence-electron chi connectivity index (χ4n) is 2.28. The molecule has 0 fully saturated rings. The predicted octanol–water partition coefficient (Wildman–Crippen LogP) is 4.45. The zero-order valence-electron chi connectivity index (χ0n) is 11.7. The van der Waals surface area contributed by atoms with E-state index in [0.717, 1.165) is 21.2 Å². The van der Waals surface area contributed by atoms with Gasteiger partial charge in [0.2, 0.25) is 5.91 Å². The third kappa shape index (κ3) is 2.49. The van der Waals surface area contributed by atoms with Crippen molar-refractivity contribution < 1.29 is 9.53 Å². The van der Waals surface area contributed by atoms with Gasteiger partial charge in [0, 0.05) is 15.9 Å². The first kappa shape index (κ1) is 14.3. The van der Waals surface area contributed by atoms with Gasteiger partial charge < -0.3 is 4.74 Å². The van der Waals surface area contributed by atoms with E-state index < -0.39 is 5.38 Å². The lowest BCUT2D eigenvalue weighted by Crippen LogP contribution is -2.33. The second kappa shape index (κ2) is 5.62. The summed E-state index contributed by atoms with van der Waals surface area (Å²) in [7, 11) is 1.61. The molecule has 1 aliphatic heterocycles. The number of fused-ring (bicyclic) bond motifs is 2. The summed E-state index contributed by atoms with van der Waals surface area (Å²) in [6, 6.07) is 13.6. The SMILES string of the molecule is COc1ccc2c(c1)N(C(=O)C(C)Cl)c1ccccc1S2. The first-order valence-corrected chi connectivity index (χ1v) is 7.80. The summed E-state index contributed by atoms with van der Waals surface area (Å²) in [6.45, 7) is 1.69. The number of rotatable bonds is 2. The molecule has 0 spiro atoms. The first-order valence-electron chi connectivity index (χ1n) is 6.55. The van der Waals surface area contributed by atoms with Gasteiger partial charge in [-0.2, -0.15) is 0 Å². The predicted molar refractivity (Wildman–Crippen MR) is 86.0 cm³/mol. The second-order valence-electron chi connectivity index (χ2n) is 4.69. The number of alkyl halides is 1. The van der Waals surface area contributed by atoms with Crippen molar-refractivity contribution in [1.29, 1.82) is 0 Å². The smallest absolute Gasteiger partial charge is 0.249 e. The molecule has 3 rings (SSSR count). The Morgan fingerprint density at radius 2 is 1.90 bits per heavy atom. The van der Waals surface area contributed by atoms with Crippen LogP contribution >= 0.6 is 23.4 Å². The van der Waals surface area contributed by atoms with Crippen molar-refractivity contribution >= 4 is 40.6 Å². The molecule has 0 saturated carbocycles. The molecule has 0 bridgehead atoms. The highest BCUT2D eigenvalue weighted by atomic mass is 35.5. The topological polar surface area (TPSA) is 29.5 Å². The Kier molecular flexibility index (Phi) is 3.83. The van der Waals surface area contributed by atoms with Gasteiger partial charge in [-0.25, -0.2) is 0 Å². The van der Waals surface area contributed by atoms with Gasteiger partial charge in [0.1, 0.15) is 11.1 Å². The van der Waals surface area contributed by atoms with Crippen LogP contribution in [0.5, 0.6) is 5.75 Å². The second-order valence-corrected chi connectivity index (χ2v) is 6.43. The molecule has 2 aromatic carbocycles. The summed E-state index contributed by atoms with van der Waals surface area (Å²) >= 11 is 7.68. The molecule has 0 aliphatic carbocycles. The molecule has 0 N–H and O–H groups in total. The summed E-state index contributed by atoms with van der Waals surface area (Å²) in [5.74, 6) is 0.577. The van der Waals surface area contributed by atoms with Crippen molar-refractivity contribution in [2.75, 3.05) is 12.0 Å². The monoisotopic (exact) mass is 319 g/mol. The molecule has 1 amide bonds. The Morgan fingerprint density at radius 3 is 2.62 bits per heavy atom. The van der Waals surface area contributed by atoms with E-state index in [9.17, 15) is 4.79 Å². The van der Waals surface area contributed by atoms with E-state index in [1.807, 2.05) is 42.5 Å². The first-order chi connectivity index (χ1) is 10.1. The van der Waals surface area contributed by atoms with E-state index in [1.165, 1.54) is 0 Å². The van der Waals surface area contributed by atoms with Crippen LogP contribution in [-0.2, 0) is 4.79 Å². The van der Waals surface area contributed by atoms with Crippen LogP contribution < -0.4 is 9.64 Å². The number of carbonyl (C=O) groups is 1. The van der Waals surface area contributed by atoms with Gasteiger partial charge in [0.25, 0.3) is 0 Å². The molecular weight excluding hydrogens is 306 g/mol.